The molecule has 1 aromatic rings. The fourth-order valence-corrected chi connectivity index (χ4v) is 2.20. The Balaban J connectivity index is 1.81. The number of amides is 1. The number of ether oxygens (including phenoxy) is 1. The van der Waals surface area contributed by atoms with Gasteiger partial charge in [-0.2, -0.15) is 0 Å². The van der Waals surface area contributed by atoms with E-state index in [4.69, 9.17) is 4.74 Å². The zero-order valence-electron chi connectivity index (χ0n) is 11.1. The van der Waals surface area contributed by atoms with E-state index in [1.807, 2.05) is 10.8 Å². The summed E-state index contributed by atoms with van der Waals surface area (Å²) in [6.45, 7) is 5.91. The van der Waals surface area contributed by atoms with Gasteiger partial charge in [0.2, 0.25) is 5.91 Å². The van der Waals surface area contributed by atoms with Crippen LogP contribution in [0.15, 0.2) is 12.4 Å². The summed E-state index contributed by atoms with van der Waals surface area (Å²) in [4.78, 5) is 16.1. The van der Waals surface area contributed by atoms with Crippen molar-refractivity contribution in [2.75, 3.05) is 13.2 Å². The minimum atomic E-state index is 0.0189. The number of nitrogens with one attached hydrogen (secondary N) is 1. The van der Waals surface area contributed by atoms with E-state index < -0.39 is 0 Å². The van der Waals surface area contributed by atoms with Crippen LogP contribution in [0.2, 0.25) is 0 Å². The molecular weight excluding hydrogens is 230 g/mol. The lowest BCUT2D eigenvalue weighted by Gasteiger charge is -2.13. The smallest absolute Gasteiger partial charge is 0.240 e. The molecule has 0 aromatic carbocycles. The van der Waals surface area contributed by atoms with Gasteiger partial charge in [0.15, 0.2) is 0 Å². The SMILES string of the molecule is CC(C)c1nccn1CC(=O)NCC1CCCO1. The summed E-state index contributed by atoms with van der Waals surface area (Å²) in [7, 11) is 0. The molecule has 1 unspecified atom stereocenters. The van der Waals surface area contributed by atoms with Crippen molar-refractivity contribution in [3.8, 4) is 0 Å². The van der Waals surface area contributed by atoms with E-state index in [1.165, 1.54) is 0 Å². The van der Waals surface area contributed by atoms with Gasteiger partial charge in [0.25, 0.3) is 0 Å². The van der Waals surface area contributed by atoms with Crippen LogP contribution >= 0.6 is 0 Å². The lowest BCUT2D eigenvalue weighted by Crippen LogP contribution is -2.34. The van der Waals surface area contributed by atoms with Crippen molar-refractivity contribution in [2.24, 2.45) is 0 Å². The maximum atomic E-state index is 11.8. The molecule has 0 spiro atoms. The van der Waals surface area contributed by atoms with Crippen molar-refractivity contribution >= 4 is 5.91 Å². The average molecular weight is 251 g/mol. The molecule has 1 aromatic heterocycles. The third kappa shape index (κ3) is 3.32. The van der Waals surface area contributed by atoms with Gasteiger partial charge in [-0.3, -0.25) is 4.79 Å². The molecule has 1 aliphatic heterocycles. The average Bonchev–Trinajstić information content (AvgIpc) is 2.96. The molecule has 0 aliphatic carbocycles. The van der Waals surface area contributed by atoms with Crippen molar-refractivity contribution in [2.45, 2.75) is 45.3 Å². The highest BCUT2D eigenvalue weighted by Gasteiger charge is 2.16. The van der Waals surface area contributed by atoms with Crippen molar-refractivity contribution in [3.63, 3.8) is 0 Å². The number of aromatic nitrogens is 2. The summed E-state index contributed by atoms with van der Waals surface area (Å²) in [5.41, 5.74) is 0. The molecule has 1 N–H and O–H groups in total. The Kier molecular flexibility index (Phi) is 4.36. The van der Waals surface area contributed by atoms with Gasteiger partial charge >= 0.3 is 0 Å². The first-order chi connectivity index (χ1) is 8.66. The van der Waals surface area contributed by atoms with E-state index >= 15 is 0 Å². The zero-order valence-corrected chi connectivity index (χ0v) is 11.1. The number of hydrogen-bond donors (Lipinski definition) is 1. The first-order valence-corrected chi connectivity index (χ1v) is 6.56. The molecule has 1 atom stereocenters. The number of imidazole rings is 1. The van der Waals surface area contributed by atoms with E-state index in [0.717, 1.165) is 25.3 Å². The molecule has 18 heavy (non-hydrogen) atoms. The lowest BCUT2D eigenvalue weighted by atomic mass is 10.2. The number of hydrogen-bond acceptors (Lipinski definition) is 3. The van der Waals surface area contributed by atoms with E-state index in [9.17, 15) is 4.79 Å². The van der Waals surface area contributed by atoms with E-state index in [2.05, 4.69) is 24.1 Å². The van der Waals surface area contributed by atoms with Crippen LogP contribution in [0.1, 0.15) is 38.4 Å². The fourth-order valence-electron chi connectivity index (χ4n) is 2.20. The first kappa shape index (κ1) is 13.1. The highest BCUT2D eigenvalue weighted by Crippen LogP contribution is 2.12. The normalized spacial score (nSPS) is 19.4. The summed E-state index contributed by atoms with van der Waals surface area (Å²) >= 11 is 0. The third-order valence-corrected chi connectivity index (χ3v) is 3.13. The quantitative estimate of drug-likeness (QED) is 0.858. The maximum Gasteiger partial charge on any atom is 0.240 e. The fraction of sp³-hybridized carbons (Fsp3) is 0.692. The van der Waals surface area contributed by atoms with Gasteiger partial charge in [-0.1, -0.05) is 13.8 Å². The van der Waals surface area contributed by atoms with Gasteiger partial charge in [0.1, 0.15) is 12.4 Å². The Morgan fingerprint density at radius 2 is 2.50 bits per heavy atom. The van der Waals surface area contributed by atoms with Crippen molar-refractivity contribution < 1.29 is 9.53 Å². The van der Waals surface area contributed by atoms with Crippen molar-refractivity contribution in [1.29, 1.82) is 0 Å². The molecule has 0 bridgehead atoms. The Morgan fingerprint density at radius 1 is 1.67 bits per heavy atom. The molecule has 1 aliphatic rings. The van der Waals surface area contributed by atoms with E-state index in [1.54, 1.807) is 6.20 Å². The Bertz CT molecular complexity index is 395. The van der Waals surface area contributed by atoms with Crippen LogP contribution in [-0.2, 0) is 16.1 Å². The number of rotatable bonds is 5. The van der Waals surface area contributed by atoms with Gasteiger partial charge < -0.3 is 14.6 Å². The molecule has 1 fully saturated rings. The lowest BCUT2D eigenvalue weighted by molar-refractivity contribution is -0.122. The minimum Gasteiger partial charge on any atom is -0.376 e. The molecule has 100 valence electrons. The van der Waals surface area contributed by atoms with Crippen LogP contribution in [-0.4, -0.2) is 34.7 Å². The first-order valence-electron chi connectivity index (χ1n) is 6.56. The number of carbonyl (C=O) groups is 1. The summed E-state index contributed by atoms with van der Waals surface area (Å²) in [5, 5.41) is 2.92. The maximum absolute atomic E-state index is 11.8. The van der Waals surface area contributed by atoms with E-state index in [-0.39, 0.29) is 12.0 Å². The molecule has 5 heteroatoms. The highest BCUT2D eigenvalue weighted by molar-refractivity contribution is 5.75. The minimum absolute atomic E-state index is 0.0189. The van der Waals surface area contributed by atoms with Crippen LogP contribution < -0.4 is 5.32 Å². The zero-order chi connectivity index (χ0) is 13.0. The summed E-state index contributed by atoms with van der Waals surface area (Å²) in [5.74, 6) is 1.29. The van der Waals surface area contributed by atoms with Crippen LogP contribution in [0.25, 0.3) is 0 Å². The predicted molar refractivity (Wildman–Crippen MR) is 68.3 cm³/mol. The summed E-state index contributed by atoms with van der Waals surface area (Å²) in [6.07, 6.45) is 5.92. The third-order valence-electron chi connectivity index (χ3n) is 3.13. The topological polar surface area (TPSA) is 56.2 Å². The van der Waals surface area contributed by atoms with Crippen molar-refractivity contribution in [3.05, 3.63) is 18.2 Å². The molecule has 5 nitrogen and oxygen atoms in total. The van der Waals surface area contributed by atoms with Crippen LogP contribution in [0.3, 0.4) is 0 Å². The van der Waals surface area contributed by atoms with Gasteiger partial charge in [-0.05, 0) is 12.8 Å². The van der Waals surface area contributed by atoms with Gasteiger partial charge in [0, 0.05) is 31.5 Å². The van der Waals surface area contributed by atoms with Crippen LogP contribution in [0, 0.1) is 0 Å². The van der Waals surface area contributed by atoms with E-state index in [0.29, 0.717) is 19.0 Å². The van der Waals surface area contributed by atoms with Crippen LogP contribution in [0.5, 0.6) is 0 Å². The standard InChI is InChI=1S/C13H21N3O2/c1-10(2)13-14-5-6-16(13)9-12(17)15-8-11-4-3-7-18-11/h5-6,10-11H,3-4,7-9H2,1-2H3,(H,15,17). The number of nitrogens with zero attached hydrogens (tertiary/aromatic N) is 2. The molecular formula is C13H21N3O2. The monoisotopic (exact) mass is 251 g/mol. The molecule has 1 amide bonds. The second-order valence-electron chi connectivity index (χ2n) is 5.01. The van der Waals surface area contributed by atoms with Gasteiger partial charge in [-0.25, -0.2) is 4.98 Å². The largest absolute Gasteiger partial charge is 0.376 e. The number of carbonyl (C=O) groups excluding carboxylic acids is 1. The Labute approximate surface area is 108 Å². The second kappa shape index (κ2) is 6.00. The second-order valence-corrected chi connectivity index (χ2v) is 5.01. The highest BCUT2D eigenvalue weighted by atomic mass is 16.5. The molecule has 2 heterocycles. The van der Waals surface area contributed by atoms with Gasteiger partial charge in [-0.15, -0.1) is 0 Å². The molecule has 0 radical (unpaired) electrons. The van der Waals surface area contributed by atoms with Gasteiger partial charge in [0.05, 0.1) is 6.10 Å². The predicted octanol–water partition coefficient (Wildman–Crippen LogP) is 1.30. The summed E-state index contributed by atoms with van der Waals surface area (Å²) < 4.78 is 7.36. The molecule has 0 saturated carbocycles. The Hall–Kier alpha value is -1.36. The molecule has 1 saturated heterocycles. The van der Waals surface area contributed by atoms with Crippen LogP contribution in [0.4, 0.5) is 0 Å². The van der Waals surface area contributed by atoms with Crippen molar-refractivity contribution in [1.82, 2.24) is 14.9 Å². The Morgan fingerprint density at radius 3 is 3.17 bits per heavy atom. The molecule has 2 rings (SSSR count). The summed E-state index contributed by atoms with van der Waals surface area (Å²) in [6, 6.07) is 0.